The van der Waals surface area contributed by atoms with E-state index in [2.05, 4.69) is 20.9 Å². The van der Waals surface area contributed by atoms with Crippen molar-refractivity contribution in [2.45, 2.75) is 26.3 Å². The van der Waals surface area contributed by atoms with Gasteiger partial charge in [0, 0.05) is 25.8 Å². The van der Waals surface area contributed by atoms with Crippen LogP contribution in [-0.4, -0.2) is 51.8 Å². The van der Waals surface area contributed by atoms with E-state index in [1.165, 1.54) is 12.8 Å². The molecule has 0 aliphatic heterocycles. The predicted molar refractivity (Wildman–Crippen MR) is 118 cm³/mol. The lowest BCUT2D eigenvalue weighted by molar-refractivity contribution is -0.120. The molecule has 1 fully saturated rings. The monoisotopic (exact) mass is 490 g/mol. The molecule has 0 saturated heterocycles. The van der Waals surface area contributed by atoms with Crippen molar-refractivity contribution in [3.05, 3.63) is 29.8 Å². The summed E-state index contributed by atoms with van der Waals surface area (Å²) in [6.45, 7) is 5.13. The van der Waals surface area contributed by atoms with Gasteiger partial charge in [0.2, 0.25) is 5.91 Å². The number of para-hydroxylation sites is 1. The van der Waals surface area contributed by atoms with E-state index in [1.807, 2.05) is 31.2 Å². The van der Waals surface area contributed by atoms with Crippen molar-refractivity contribution in [1.29, 1.82) is 0 Å². The molecular formula is C19H31IN4O3. The number of nitrogens with zero attached hydrogens (tertiary/aromatic N) is 1. The number of nitrogens with one attached hydrogen (secondary N) is 3. The van der Waals surface area contributed by atoms with E-state index in [0.29, 0.717) is 31.6 Å². The van der Waals surface area contributed by atoms with Crippen molar-refractivity contribution in [2.24, 2.45) is 10.9 Å². The summed E-state index contributed by atoms with van der Waals surface area (Å²) < 4.78 is 10.8. The van der Waals surface area contributed by atoms with Crippen LogP contribution in [0, 0.1) is 5.92 Å². The third kappa shape index (κ3) is 9.81. The van der Waals surface area contributed by atoms with Crippen LogP contribution in [0.4, 0.5) is 0 Å². The number of rotatable bonds is 11. The first-order valence-electron chi connectivity index (χ1n) is 9.21. The fourth-order valence-electron chi connectivity index (χ4n) is 2.29. The molecule has 0 spiro atoms. The van der Waals surface area contributed by atoms with Gasteiger partial charge in [-0.3, -0.25) is 4.79 Å². The SMILES string of the molecule is CCNC(=NCc1ccccc1OCC1CC1)NCC(=O)NCCOC.I. The Labute approximate surface area is 178 Å². The lowest BCUT2D eigenvalue weighted by Gasteiger charge is -2.13. The van der Waals surface area contributed by atoms with Gasteiger partial charge in [-0.05, 0) is 31.7 Å². The molecular weight excluding hydrogens is 459 g/mol. The number of methoxy groups -OCH3 is 1. The van der Waals surface area contributed by atoms with Gasteiger partial charge in [0.05, 0.1) is 26.3 Å². The standard InChI is InChI=1S/C19H30N4O3.HI/c1-3-20-19(23-13-18(24)21-10-11-25-2)22-12-16-6-4-5-7-17(16)26-14-15-8-9-15;/h4-7,15H,3,8-14H2,1-2H3,(H,21,24)(H2,20,22,23);1H. The largest absolute Gasteiger partial charge is 0.493 e. The zero-order valence-corrected chi connectivity index (χ0v) is 18.5. The highest BCUT2D eigenvalue weighted by molar-refractivity contribution is 14.0. The van der Waals surface area contributed by atoms with Gasteiger partial charge < -0.3 is 25.4 Å². The molecule has 8 heteroatoms. The topological polar surface area (TPSA) is 84.0 Å². The molecule has 3 N–H and O–H groups in total. The van der Waals surface area contributed by atoms with Gasteiger partial charge in [-0.1, -0.05) is 18.2 Å². The molecule has 1 saturated carbocycles. The molecule has 0 heterocycles. The number of halogens is 1. The second-order valence-electron chi connectivity index (χ2n) is 6.25. The van der Waals surface area contributed by atoms with E-state index in [4.69, 9.17) is 9.47 Å². The van der Waals surface area contributed by atoms with Crippen LogP contribution in [-0.2, 0) is 16.1 Å². The average Bonchev–Trinajstić information content (AvgIpc) is 3.47. The van der Waals surface area contributed by atoms with Crippen LogP contribution in [0.3, 0.4) is 0 Å². The molecule has 0 atom stereocenters. The van der Waals surface area contributed by atoms with Crippen molar-refractivity contribution in [3.8, 4) is 5.75 Å². The van der Waals surface area contributed by atoms with Crippen LogP contribution in [0.2, 0.25) is 0 Å². The van der Waals surface area contributed by atoms with Crippen LogP contribution in [0.5, 0.6) is 5.75 Å². The highest BCUT2D eigenvalue weighted by Gasteiger charge is 2.22. The summed E-state index contributed by atoms with van der Waals surface area (Å²) in [6.07, 6.45) is 2.53. The fraction of sp³-hybridized carbons (Fsp3) is 0.579. The maximum absolute atomic E-state index is 11.8. The third-order valence-electron chi connectivity index (χ3n) is 3.94. The molecule has 2 rings (SSSR count). The second kappa shape index (κ2) is 13.6. The summed E-state index contributed by atoms with van der Waals surface area (Å²) in [6, 6.07) is 7.96. The number of ether oxygens (including phenoxy) is 2. The summed E-state index contributed by atoms with van der Waals surface area (Å²) in [5, 5.41) is 8.96. The Hall–Kier alpha value is -1.55. The molecule has 0 unspecified atom stereocenters. The van der Waals surface area contributed by atoms with E-state index in [9.17, 15) is 4.79 Å². The molecule has 152 valence electrons. The Morgan fingerprint density at radius 3 is 2.70 bits per heavy atom. The first-order chi connectivity index (χ1) is 12.7. The molecule has 0 radical (unpaired) electrons. The minimum atomic E-state index is -0.0965. The van der Waals surface area contributed by atoms with E-state index in [0.717, 1.165) is 24.5 Å². The third-order valence-corrected chi connectivity index (χ3v) is 3.94. The molecule has 1 amide bonds. The minimum absolute atomic E-state index is 0. The number of hydrogen-bond acceptors (Lipinski definition) is 4. The van der Waals surface area contributed by atoms with Crippen LogP contribution >= 0.6 is 24.0 Å². The van der Waals surface area contributed by atoms with Gasteiger partial charge in [-0.25, -0.2) is 4.99 Å². The zero-order chi connectivity index (χ0) is 18.6. The normalized spacial score (nSPS) is 13.5. The number of guanidine groups is 1. The lowest BCUT2D eigenvalue weighted by Crippen LogP contribution is -2.43. The highest BCUT2D eigenvalue weighted by Crippen LogP contribution is 2.30. The Balaban J connectivity index is 0.00000364. The number of amides is 1. The average molecular weight is 490 g/mol. The maximum atomic E-state index is 11.8. The molecule has 0 bridgehead atoms. The van der Waals surface area contributed by atoms with Crippen molar-refractivity contribution in [1.82, 2.24) is 16.0 Å². The van der Waals surface area contributed by atoms with Gasteiger partial charge in [-0.2, -0.15) is 0 Å². The van der Waals surface area contributed by atoms with Gasteiger partial charge in [0.15, 0.2) is 5.96 Å². The molecule has 7 nitrogen and oxygen atoms in total. The number of carbonyl (C=O) groups is 1. The van der Waals surface area contributed by atoms with Crippen LogP contribution < -0.4 is 20.7 Å². The van der Waals surface area contributed by atoms with Gasteiger partial charge in [0.1, 0.15) is 5.75 Å². The molecule has 1 aliphatic carbocycles. The fourth-order valence-corrected chi connectivity index (χ4v) is 2.29. The predicted octanol–water partition coefficient (Wildman–Crippen LogP) is 1.91. The summed E-state index contributed by atoms with van der Waals surface area (Å²) >= 11 is 0. The lowest BCUT2D eigenvalue weighted by atomic mass is 10.2. The van der Waals surface area contributed by atoms with Gasteiger partial charge >= 0.3 is 0 Å². The molecule has 0 aromatic heterocycles. The summed E-state index contributed by atoms with van der Waals surface area (Å²) in [4.78, 5) is 16.3. The van der Waals surface area contributed by atoms with Gasteiger partial charge in [-0.15, -0.1) is 24.0 Å². The van der Waals surface area contributed by atoms with Crippen molar-refractivity contribution >= 4 is 35.8 Å². The number of carbonyl (C=O) groups excluding carboxylic acids is 1. The summed E-state index contributed by atoms with van der Waals surface area (Å²) in [5.74, 6) is 2.10. The highest BCUT2D eigenvalue weighted by atomic mass is 127. The van der Waals surface area contributed by atoms with E-state index < -0.39 is 0 Å². The van der Waals surface area contributed by atoms with E-state index in [-0.39, 0.29) is 36.4 Å². The van der Waals surface area contributed by atoms with Crippen molar-refractivity contribution in [3.63, 3.8) is 0 Å². The van der Waals surface area contributed by atoms with Crippen LogP contribution in [0.25, 0.3) is 0 Å². The molecule has 27 heavy (non-hydrogen) atoms. The molecule has 1 aliphatic rings. The first-order valence-corrected chi connectivity index (χ1v) is 9.21. The van der Waals surface area contributed by atoms with E-state index in [1.54, 1.807) is 7.11 Å². The van der Waals surface area contributed by atoms with Gasteiger partial charge in [0.25, 0.3) is 0 Å². The molecule has 1 aromatic rings. The number of benzene rings is 1. The Morgan fingerprint density at radius 1 is 1.22 bits per heavy atom. The second-order valence-corrected chi connectivity index (χ2v) is 6.25. The van der Waals surface area contributed by atoms with E-state index >= 15 is 0 Å². The quantitative estimate of drug-likeness (QED) is 0.191. The minimum Gasteiger partial charge on any atom is -0.493 e. The number of hydrogen-bond donors (Lipinski definition) is 3. The van der Waals surface area contributed by atoms with Crippen LogP contribution in [0.15, 0.2) is 29.3 Å². The Morgan fingerprint density at radius 2 is 2.00 bits per heavy atom. The first kappa shape index (κ1) is 23.5. The smallest absolute Gasteiger partial charge is 0.239 e. The Kier molecular flexibility index (Phi) is 11.8. The zero-order valence-electron chi connectivity index (χ0n) is 16.1. The molecule has 1 aromatic carbocycles. The van der Waals surface area contributed by atoms with Crippen molar-refractivity contribution < 1.29 is 14.3 Å². The number of aliphatic imine (C=N–C) groups is 1. The summed E-state index contributed by atoms with van der Waals surface area (Å²) in [5.41, 5.74) is 1.04. The Bertz CT molecular complexity index is 594. The van der Waals surface area contributed by atoms with Crippen molar-refractivity contribution in [2.75, 3.05) is 40.0 Å². The maximum Gasteiger partial charge on any atom is 0.239 e. The van der Waals surface area contributed by atoms with Crippen LogP contribution in [0.1, 0.15) is 25.3 Å². The summed E-state index contributed by atoms with van der Waals surface area (Å²) in [7, 11) is 1.60.